The molecule has 2 aliphatic rings. The molecular weight excluding hydrogens is 628 g/mol. The number of carbonyl (C=O) groups excluding carboxylic acids is 1. The maximum absolute atomic E-state index is 14.5. The van der Waals surface area contributed by atoms with Crippen molar-refractivity contribution in [3.05, 3.63) is 106 Å². The Labute approximate surface area is 287 Å². The molecule has 10 heteroatoms. The Morgan fingerprint density at radius 1 is 1.08 bits per heavy atom. The summed E-state index contributed by atoms with van der Waals surface area (Å²) in [6.45, 7) is 7.13. The van der Waals surface area contributed by atoms with Crippen LogP contribution in [-0.4, -0.2) is 64.5 Å². The van der Waals surface area contributed by atoms with Crippen molar-refractivity contribution in [3.8, 4) is 17.6 Å². The first-order chi connectivity index (χ1) is 23.1. The summed E-state index contributed by atoms with van der Waals surface area (Å²) in [7, 11) is 0. The van der Waals surface area contributed by atoms with Crippen LogP contribution in [-0.2, 0) is 17.9 Å². The fraction of sp³-hybridized carbons (Fsp3) is 0.395. The molecule has 48 heavy (non-hydrogen) atoms. The SMILES string of the molecule is CC(CO)(CO)NCc1cc(Cl)c(OCC2(C(=O)N3CCCC3)C=CC=C(c3ccccc3)C2(C)C)cc1OCc1cncc(C#N)c1. The number of halogens is 1. The molecule has 5 rings (SSSR count). The van der Waals surface area contributed by atoms with E-state index in [0.717, 1.165) is 24.0 Å². The van der Waals surface area contributed by atoms with E-state index in [9.17, 15) is 20.3 Å². The van der Waals surface area contributed by atoms with E-state index in [4.69, 9.17) is 21.1 Å². The zero-order valence-electron chi connectivity index (χ0n) is 27.7. The van der Waals surface area contributed by atoms with Crippen LogP contribution in [0.2, 0.25) is 5.02 Å². The van der Waals surface area contributed by atoms with Crippen molar-refractivity contribution in [2.45, 2.75) is 52.3 Å². The van der Waals surface area contributed by atoms with Crippen LogP contribution in [0.1, 0.15) is 55.9 Å². The van der Waals surface area contributed by atoms with Crippen LogP contribution in [0.5, 0.6) is 11.5 Å². The lowest BCUT2D eigenvalue weighted by Crippen LogP contribution is -2.54. The minimum Gasteiger partial charge on any atom is -0.490 e. The molecule has 3 N–H and O–H groups in total. The predicted octanol–water partition coefficient (Wildman–Crippen LogP) is 5.69. The van der Waals surface area contributed by atoms with E-state index in [1.807, 2.05) is 35.3 Å². The summed E-state index contributed by atoms with van der Waals surface area (Å²) in [5.41, 5.74) is 1.26. The van der Waals surface area contributed by atoms with Crippen LogP contribution >= 0.6 is 11.6 Å². The molecule has 3 aromatic rings. The van der Waals surface area contributed by atoms with Gasteiger partial charge in [-0.1, -0.05) is 74.0 Å². The Morgan fingerprint density at radius 3 is 2.50 bits per heavy atom. The van der Waals surface area contributed by atoms with Crippen LogP contribution < -0.4 is 14.8 Å². The number of amides is 1. The Balaban J connectivity index is 1.49. The van der Waals surface area contributed by atoms with Crippen molar-refractivity contribution in [1.29, 1.82) is 5.26 Å². The summed E-state index contributed by atoms with van der Waals surface area (Å²) >= 11 is 6.86. The number of allylic oxidation sites excluding steroid dienone is 3. The largest absolute Gasteiger partial charge is 0.490 e. The number of pyridine rings is 1. The predicted molar refractivity (Wildman–Crippen MR) is 185 cm³/mol. The van der Waals surface area contributed by atoms with E-state index >= 15 is 0 Å². The van der Waals surface area contributed by atoms with E-state index in [-0.39, 0.29) is 38.9 Å². The lowest BCUT2D eigenvalue weighted by Gasteiger charge is -2.48. The van der Waals surface area contributed by atoms with Crippen LogP contribution in [0.15, 0.2) is 79.2 Å². The smallest absolute Gasteiger partial charge is 0.236 e. The minimum absolute atomic E-state index is 0.0216. The second kappa shape index (κ2) is 14.9. The minimum atomic E-state index is -1.03. The fourth-order valence-corrected chi connectivity index (χ4v) is 6.52. The van der Waals surface area contributed by atoms with Crippen molar-refractivity contribution in [2.75, 3.05) is 32.9 Å². The van der Waals surface area contributed by atoms with Gasteiger partial charge in [0.1, 0.15) is 36.2 Å². The normalized spacial score (nSPS) is 18.7. The molecule has 1 fully saturated rings. The third-order valence-corrected chi connectivity index (χ3v) is 9.88. The molecule has 1 amide bonds. The second-order valence-electron chi connectivity index (χ2n) is 13.3. The van der Waals surface area contributed by atoms with E-state index in [1.54, 1.807) is 31.3 Å². The van der Waals surface area contributed by atoms with Crippen LogP contribution in [0.3, 0.4) is 0 Å². The Hall–Kier alpha value is -4.20. The number of benzene rings is 2. The standard InChI is InChI=1S/C38H43ClN4O5/c1-36(2)31(29-10-5-4-6-11-29)12-9-13-38(36,35(46)43-14-7-8-15-43)26-48-34-18-33(47-23-28-16-27(19-40)20-41-21-28)30(17-32(34)39)22-42-37(3,24-44)25-45/h4-6,9-13,16-18,20-21,42,44-45H,7-8,14-15,22-26H2,1-3H3. The lowest BCUT2D eigenvalue weighted by molar-refractivity contribution is -0.144. The quantitative estimate of drug-likeness (QED) is 0.212. The first kappa shape index (κ1) is 35.1. The number of rotatable bonds is 13. The van der Waals surface area contributed by atoms with Crippen LogP contribution in [0.25, 0.3) is 5.57 Å². The zero-order chi connectivity index (χ0) is 34.4. The van der Waals surface area contributed by atoms with Gasteiger partial charge in [-0.2, -0.15) is 5.26 Å². The second-order valence-corrected chi connectivity index (χ2v) is 13.7. The van der Waals surface area contributed by atoms with E-state index in [2.05, 4.69) is 48.4 Å². The Morgan fingerprint density at radius 2 is 1.81 bits per heavy atom. The molecule has 0 spiro atoms. The van der Waals surface area contributed by atoms with Gasteiger partial charge in [0.15, 0.2) is 0 Å². The number of ether oxygens (including phenoxy) is 2. The van der Waals surface area contributed by atoms with E-state index < -0.39 is 16.4 Å². The molecule has 1 saturated heterocycles. The molecule has 0 bridgehead atoms. The summed E-state index contributed by atoms with van der Waals surface area (Å²) in [6.07, 6.45) is 11.1. The molecule has 9 nitrogen and oxygen atoms in total. The van der Waals surface area contributed by atoms with Gasteiger partial charge in [0.05, 0.1) is 29.3 Å². The van der Waals surface area contributed by atoms with Gasteiger partial charge in [0, 0.05) is 54.6 Å². The van der Waals surface area contributed by atoms with E-state index in [0.29, 0.717) is 46.3 Å². The van der Waals surface area contributed by atoms with Crippen molar-refractivity contribution in [3.63, 3.8) is 0 Å². The third-order valence-electron chi connectivity index (χ3n) is 9.58. The first-order valence-electron chi connectivity index (χ1n) is 16.2. The summed E-state index contributed by atoms with van der Waals surface area (Å²) in [5, 5.41) is 32.5. The van der Waals surface area contributed by atoms with Gasteiger partial charge in [-0.15, -0.1) is 0 Å². The molecule has 252 valence electrons. The van der Waals surface area contributed by atoms with Gasteiger partial charge in [-0.25, -0.2) is 0 Å². The Bertz CT molecular complexity index is 1710. The van der Waals surface area contributed by atoms with Crippen molar-refractivity contribution >= 4 is 23.1 Å². The molecular formula is C38H43ClN4O5. The fourth-order valence-electron chi connectivity index (χ4n) is 6.28. The average molecular weight is 671 g/mol. The lowest BCUT2D eigenvalue weighted by atomic mass is 9.58. The summed E-state index contributed by atoms with van der Waals surface area (Å²) < 4.78 is 12.8. The number of hydrogen-bond acceptors (Lipinski definition) is 8. The molecule has 2 aromatic carbocycles. The summed E-state index contributed by atoms with van der Waals surface area (Å²) in [6, 6.07) is 17.3. The van der Waals surface area contributed by atoms with Gasteiger partial charge in [0.2, 0.25) is 5.91 Å². The number of likely N-dealkylation sites (tertiary alicyclic amines) is 1. The van der Waals surface area contributed by atoms with Crippen molar-refractivity contribution in [2.24, 2.45) is 10.8 Å². The number of nitrogens with zero attached hydrogens (tertiary/aromatic N) is 3. The highest BCUT2D eigenvalue weighted by Gasteiger charge is 2.55. The maximum Gasteiger partial charge on any atom is 0.236 e. The molecule has 1 aliphatic carbocycles. The topological polar surface area (TPSA) is 128 Å². The molecule has 1 unspecified atom stereocenters. The number of nitrogens with one attached hydrogen (secondary N) is 1. The number of aromatic nitrogens is 1. The first-order valence-corrected chi connectivity index (χ1v) is 16.6. The van der Waals surface area contributed by atoms with Crippen molar-refractivity contribution < 1.29 is 24.5 Å². The average Bonchev–Trinajstić information content (AvgIpc) is 3.65. The van der Waals surface area contributed by atoms with Crippen LogP contribution in [0, 0.1) is 22.2 Å². The Kier molecular flexibility index (Phi) is 10.9. The molecule has 0 radical (unpaired) electrons. The maximum atomic E-state index is 14.5. The highest BCUT2D eigenvalue weighted by molar-refractivity contribution is 6.32. The third kappa shape index (κ3) is 7.27. The highest BCUT2D eigenvalue weighted by atomic mass is 35.5. The highest BCUT2D eigenvalue weighted by Crippen LogP contribution is 2.53. The number of carbonyl (C=O) groups is 1. The van der Waals surface area contributed by atoms with Gasteiger partial charge in [-0.3, -0.25) is 9.78 Å². The molecule has 0 saturated carbocycles. The number of nitriles is 1. The number of aliphatic hydroxyl groups excluding tert-OH is 2. The molecule has 1 aromatic heterocycles. The van der Waals surface area contributed by atoms with Crippen molar-refractivity contribution in [1.82, 2.24) is 15.2 Å². The summed E-state index contributed by atoms with van der Waals surface area (Å²) in [4.78, 5) is 20.6. The van der Waals surface area contributed by atoms with Gasteiger partial charge in [-0.05, 0) is 43.0 Å². The molecule has 1 atom stereocenters. The number of aliphatic hydroxyl groups is 2. The monoisotopic (exact) mass is 670 g/mol. The van der Waals surface area contributed by atoms with E-state index in [1.165, 1.54) is 6.20 Å². The van der Waals surface area contributed by atoms with Gasteiger partial charge < -0.3 is 29.9 Å². The van der Waals surface area contributed by atoms with Gasteiger partial charge in [0.25, 0.3) is 0 Å². The molecule has 2 heterocycles. The van der Waals surface area contributed by atoms with Crippen LogP contribution in [0.4, 0.5) is 0 Å². The van der Waals surface area contributed by atoms with Gasteiger partial charge >= 0.3 is 0 Å². The molecule has 1 aliphatic heterocycles. The summed E-state index contributed by atoms with van der Waals surface area (Å²) in [5.74, 6) is 0.819. The zero-order valence-corrected chi connectivity index (χ0v) is 28.5. The number of hydrogen-bond donors (Lipinski definition) is 3.